The molecule has 1 saturated heterocycles. The number of rotatable bonds is 9. The van der Waals surface area contributed by atoms with E-state index in [1.54, 1.807) is 0 Å². The van der Waals surface area contributed by atoms with Crippen molar-refractivity contribution in [3.8, 4) is 0 Å². The maximum Gasteiger partial charge on any atom is 0.286 e. The van der Waals surface area contributed by atoms with Crippen molar-refractivity contribution in [3.05, 3.63) is 40.1 Å². The fraction of sp³-hybridized carbons (Fsp3) is 0.524. The van der Waals surface area contributed by atoms with Crippen LogP contribution in [0.1, 0.15) is 47.4 Å². The summed E-state index contributed by atoms with van der Waals surface area (Å²) in [6.07, 6.45) is 4.28. The molecule has 1 aromatic carbocycles. The van der Waals surface area contributed by atoms with Crippen LogP contribution in [-0.2, 0) is 11.2 Å². The van der Waals surface area contributed by atoms with Crippen molar-refractivity contribution in [1.29, 1.82) is 0 Å². The highest BCUT2D eigenvalue weighted by Crippen LogP contribution is 2.16. The second kappa shape index (κ2) is 11.1. The first-order chi connectivity index (χ1) is 14.5. The van der Waals surface area contributed by atoms with E-state index in [9.17, 15) is 14.0 Å². The van der Waals surface area contributed by atoms with E-state index in [0.29, 0.717) is 30.1 Å². The van der Waals surface area contributed by atoms with E-state index in [1.807, 2.05) is 0 Å². The molecule has 0 spiro atoms. The Hall–Kier alpha value is -2.39. The van der Waals surface area contributed by atoms with E-state index in [-0.39, 0.29) is 16.7 Å². The predicted molar refractivity (Wildman–Crippen MR) is 115 cm³/mol. The van der Waals surface area contributed by atoms with Crippen LogP contribution in [0.2, 0.25) is 0 Å². The van der Waals surface area contributed by atoms with Crippen LogP contribution < -0.4 is 10.6 Å². The van der Waals surface area contributed by atoms with Gasteiger partial charge in [-0.15, -0.1) is 10.2 Å². The number of anilines is 1. The molecule has 1 atom stereocenters. The normalized spacial score (nSPS) is 16.9. The number of piperidine rings is 1. The van der Waals surface area contributed by atoms with Gasteiger partial charge in [-0.2, -0.15) is 0 Å². The number of benzene rings is 1. The molecule has 0 aliphatic carbocycles. The molecule has 2 amide bonds. The highest BCUT2D eigenvalue weighted by Gasteiger charge is 2.16. The predicted octanol–water partition coefficient (Wildman–Crippen LogP) is 3.10. The lowest BCUT2D eigenvalue weighted by Gasteiger charge is -2.30. The Morgan fingerprint density at radius 2 is 2.07 bits per heavy atom. The summed E-state index contributed by atoms with van der Waals surface area (Å²) >= 11 is 1.16. The second-order valence-electron chi connectivity index (χ2n) is 7.71. The molecule has 0 radical (unpaired) electrons. The van der Waals surface area contributed by atoms with E-state index in [1.165, 1.54) is 37.1 Å². The lowest BCUT2D eigenvalue weighted by atomic mass is 10.0. The van der Waals surface area contributed by atoms with Crippen LogP contribution in [0.5, 0.6) is 0 Å². The number of halogens is 1. The van der Waals surface area contributed by atoms with Crippen molar-refractivity contribution in [3.63, 3.8) is 0 Å². The largest absolute Gasteiger partial charge is 0.356 e. The summed E-state index contributed by atoms with van der Waals surface area (Å²) in [6.45, 7) is 6.30. The Kier molecular flexibility index (Phi) is 8.27. The molecule has 0 bridgehead atoms. The third-order valence-electron chi connectivity index (χ3n) is 5.04. The molecule has 2 aromatic rings. The van der Waals surface area contributed by atoms with Gasteiger partial charge in [0.1, 0.15) is 10.8 Å². The highest BCUT2D eigenvalue weighted by atomic mass is 32.1. The first kappa shape index (κ1) is 22.3. The molecule has 1 unspecified atom stereocenters. The number of amides is 2. The highest BCUT2D eigenvalue weighted by molar-refractivity contribution is 7.13. The van der Waals surface area contributed by atoms with Crippen molar-refractivity contribution in [2.75, 3.05) is 31.5 Å². The van der Waals surface area contributed by atoms with E-state index in [0.717, 1.165) is 43.3 Å². The van der Waals surface area contributed by atoms with Crippen LogP contribution in [0.25, 0.3) is 0 Å². The number of hydrogen-bond acceptors (Lipinski definition) is 6. The third-order valence-corrected chi connectivity index (χ3v) is 6.03. The first-order valence-corrected chi connectivity index (χ1v) is 11.2. The number of likely N-dealkylation sites (tertiary alicyclic amines) is 1. The number of carbonyl (C=O) groups is 2. The van der Waals surface area contributed by atoms with Crippen molar-refractivity contribution in [2.45, 2.75) is 39.0 Å². The van der Waals surface area contributed by atoms with E-state index in [2.05, 4.69) is 32.7 Å². The van der Waals surface area contributed by atoms with Crippen LogP contribution >= 0.6 is 11.3 Å². The summed E-state index contributed by atoms with van der Waals surface area (Å²) in [6, 6.07) is 5.50. The second-order valence-corrected chi connectivity index (χ2v) is 8.78. The molecule has 1 aromatic heterocycles. The number of nitrogens with one attached hydrogen (secondary N) is 2. The zero-order chi connectivity index (χ0) is 21.3. The molecule has 2 heterocycles. The Morgan fingerprint density at radius 1 is 1.27 bits per heavy atom. The van der Waals surface area contributed by atoms with E-state index in [4.69, 9.17) is 0 Å². The third kappa shape index (κ3) is 7.14. The molecule has 1 aliphatic heterocycles. The number of nitrogens with zero attached hydrogens (tertiary/aromatic N) is 3. The first-order valence-electron chi connectivity index (χ1n) is 10.4. The van der Waals surface area contributed by atoms with Gasteiger partial charge in [-0.05, 0) is 62.5 Å². The number of carbonyl (C=O) groups excluding carboxylic acids is 2. The number of hydrogen-bond donors (Lipinski definition) is 2. The van der Waals surface area contributed by atoms with Crippen molar-refractivity contribution in [1.82, 2.24) is 20.4 Å². The quantitative estimate of drug-likeness (QED) is 0.594. The van der Waals surface area contributed by atoms with Gasteiger partial charge >= 0.3 is 0 Å². The van der Waals surface area contributed by atoms with Gasteiger partial charge in [0.25, 0.3) is 5.91 Å². The SMILES string of the molecule is CC1CCCN(CCCNC(=O)CCc2nnc(C(=O)Nc3ccc(F)cc3)s2)C1. The van der Waals surface area contributed by atoms with Gasteiger partial charge in [0.2, 0.25) is 10.9 Å². The molecule has 9 heteroatoms. The van der Waals surface area contributed by atoms with Crippen LogP contribution in [0.4, 0.5) is 10.1 Å². The monoisotopic (exact) mass is 433 g/mol. The molecule has 162 valence electrons. The Morgan fingerprint density at radius 3 is 2.83 bits per heavy atom. The molecular formula is C21H28FN5O2S. The van der Waals surface area contributed by atoms with Gasteiger partial charge in [-0.25, -0.2) is 4.39 Å². The molecule has 7 nitrogen and oxygen atoms in total. The maximum atomic E-state index is 12.9. The van der Waals surface area contributed by atoms with Crippen LogP contribution in [0.3, 0.4) is 0 Å². The minimum Gasteiger partial charge on any atom is -0.356 e. The fourth-order valence-electron chi connectivity index (χ4n) is 3.49. The van der Waals surface area contributed by atoms with Crippen molar-refractivity contribution >= 4 is 28.8 Å². The van der Waals surface area contributed by atoms with Crippen molar-refractivity contribution in [2.24, 2.45) is 5.92 Å². The van der Waals surface area contributed by atoms with Crippen molar-refractivity contribution < 1.29 is 14.0 Å². The summed E-state index contributed by atoms with van der Waals surface area (Å²) in [5, 5.41) is 14.3. The number of aromatic nitrogens is 2. The molecular weight excluding hydrogens is 405 g/mol. The Balaban J connectivity index is 1.33. The molecule has 1 fully saturated rings. The summed E-state index contributed by atoms with van der Waals surface area (Å²) in [5.74, 6) is -0.0233. The summed E-state index contributed by atoms with van der Waals surface area (Å²) in [7, 11) is 0. The zero-order valence-electron chi connectivity index (χ0n) is 17.2. The average Bonchev–Trinajstić information content (AvgIpc) is 3.21. The number of aryl methyl sites for hydroxylation is 1. The maximum absolute atomic E-state index is 12.9. The van der Waals surface area contributed by atoms with E-state index >= 15 is 0 Å². The Bertz CT molecular complexity index is 842. The van der Waals surface area contributed by atoms with Gasteiger partial charge < -0.3 is 15.5 Å². The van der Waals surface area contributed by atoms with Gasteiger partial charge in [0, 0.05) is 31.6 Å². The molecule has 1 aliphatic rings. The summed E-state index contributed by atoms with van der Waals surface area (Å²) in [5.41, 5.74) is 0.483. The lowest BCUT2D eigenvalue weighted by molar-refractivity contribution is -0.121. The smallest absolute Gasteiger partial charge is 0.286 e. The minimum absolute atomic E-state index is 0.0190. The topological polar surface area (TPSA) is 87.2 Å². The molecule has 0 saturated carbocycles. The van der Waals surface area contributed by atoms with E-state index < -0.39 is 5.91 Å². The van der Waals surface area contributed by atoms with Gasteiger partial charge in [-0.3, -0.25) is 9.59 Å². The van der Waals surface area contributed by atoms with Crippen LogP contribution in [-0.4, -0.2) is 53.1 Å². The van der Waals surface area contributed by atoms with Crippen LogP contribution in [0.15, 0.2) is 24.3 Å². The van der Waals surface area contributed by atoms with Gasteiger partial charge in [-0.1, -0.05) is 18.3 Å². The molecule has 30 heavy (non-hydrogen) atoms. The summed E-state index contributed by atoms with van der Waals surface area (Å²) in [4.78, 5) is 26.7. The fourth-order valence-corrected chi connectivity index (χ4v) is 4.23. The van der Waals surface area contributed by atoms with Gasteiger partial charge in [0.15, 0.2) is 0 Å². The average molecular weight is 434 g/mol. The minimum atomic E-state index is -0.401. The molecule has 2 N–H and O–H groups in total. The molecule has 3 rings (SSSR count). The Labute approximate surface area is 180 Å². The zero-order valence-corrected chi connectivity index (χ0v) is 18.0. The van der Waals surface area contributed by atoms with Gasteiger partial charge in [0.05, 0.1) is 0 Å². The lowest BCUT2D eigenvalue weighted by Crippen LogP contribution is -2.36. The summed E-state index contributed by atoms with van der Waals surface area (Å²) < 4.78 is 12.9. The van der Waals surface area contributed by atoms with Crippen LogP contribution in [0, 0.1) is 11.7 Å². The standard InChI is InChI=1S/C21H28FN5O2S/c1-15-4-2-12-27(14-15)13-3-11-23-18(28)9-10-19-25-26-21(30-19)20(29)24-17-7-5-16(22)6-8-17/h5-8,15H,2-4,9-14H2,1H3,(H,23,28)(H,24,29).